The Balaban J connectivity index is 3.18. The zero-order chi connectivity index (χ0) is 11.5. The Morgan fingerprint density at radius 2 is 1.87 bits per heavy atom. The van der Waals surface area contributed by atoms with Gasteiger partial charge >= 0.3 is 0 Å². The second-order valence-corrected chi connectivity index (χ2v) is 4.53. The molecule has 0 saturated heterocycles. The molecule has 0 aliphatic heterocycles. The summed E-state index contributed by atoms with van der Waals surface area (Å²) in [6, 6.07) is 8.60. The van der Waals surface area contributed by atoms with E-state index >= 15 is 0 Å². The van der Waals surface area contributed by atoms with E-state index in [4.69, 9.17) is 4.55 Å². The van der Waals surface area contributed by atoms with Gasteiger partial charge < -0.3 is 5.11 Å². The molecular weight excluding hydrogens is 216 g/mol. The first-order valence-corrected chi connectivity index (χ1v) is 5.77. The van der Waals surface area contributed by atoms with E-state index in [0.29, 0.717) is 5.56 Å². The largest absolute Gasteiger partial charge is 0.388 e. The summed E-state index contributed by atoms with van der Waals surface area (Å²) < 4.78 is 30.7. The van der Waals surface area contributed by atoms with Gasteiger partial charge in [0, 0.05) is 0 Å². The maximum atomic E-state index is 10.9. The van der Waals surface area contributed by atoms with Crippen LogP contribution in [0, 0.1) is 0 Å². The van der Waals surface area contributed by atoms with Gasteiger partial charge in [0.2, 0.25) is 0 Å². The molecule has 1 aromatic carbocycles. The van der Waals surface area contributed by atoms with Gasteiger partial charge in [-0.15, -0.1) is 0 Å². The van der Waals surface area contributed by atoms with Crippen LogP contribution in [-0.2, 0) is 10.1 Å². The number of hydrogen-bond acceptors (Lipinski definition) is 3. The van der Waals surface area contributed by atoms with Crippen LogP contribution in [0.5, 0.6) is 0 Å². The van der Waals surface area contributed by atoms with Crippen molar-refractivity contribution in [1.29, 1.82) is 0 Å². The quantitative estimate of drug-likeness (QED) is 0.764. The van der Waals surface area contributed by atoms with E-state index in [0.717, 1.165) is 0 Å². The number of aliphatic hydroxyl groups excluding tert-OH is 1. The van der Waals surface area contributed by atoms with Gasteiger partial charge in [0.15, 0.2) is 0 Å². The van der Waals surface area contributed by atoms with E-state index in [9.17, 15) is 13.5 Å². The first-order valence-electron chi connectivity index (χ1n) is 4.33. The van der Waals surface area contributed by atoms with Gasteiger partial charge in [0.05, 0.1) is 6.10 Å². The van der Waals surface area contributed by atoms with Crippen LogP contribution in [0.2, 0.25) is 0 Å². The van der Waals surface area contributed by atoms with E-state index in [2.05, 4.69) is 0 Å². The van der Waals surface area contributed by atoms with Crippen LogP contribution in [0.4, 0.5) is 0 Å². The Kier molecular flexibility index (Phi) is 3.62. The molecule has 4 nitrogen and oxygen atoms in total. The predicted molar refractivity (Wildman–Crippen MR) is 57.6 cm³/mol. The molecule has 2 N–H and O–H groups in total. The zero-order valence-electron chi connectivity index (χ0n) is 8.16. The monoisotopic (exact) mass is 228 g/mol. The van der Waals surface area contributed by atoms with Crippen LogP contribution in [0.25, 0.3) is 6.08 Å². The molecule has 0 aromatic heterocycles. The lowest BCUT2D eigenvalue weighted by atomic mass is 10.2. The second kappa shape index (κ2) is 4.57. The van der Waals surface area contributed by atoms with Crippen LogP contribution in [0.3, 0.4) is 0 Å². The lowest BCUT2D eigenvalue weighted by Gasteiger charge is -2.06. The molecule has 1 unspecified atom stereocenters. The fourth-order valence-corrected chi connectivity index (χ4v) is 1.84. The van der Waals surface area contributed by atoms with Crippen molar-refractivity contribution in [3.63, 3.8) is 0 Å². The minimum atomic E-state index is -4.35. The number of rotatable bonds is 3. The SMILES string of the molecule is CC(O)C(=Cc1ccccc1)S(=O)(=O)O. The molecule has 1 rings (SSSR count). The summed E-state index contributed by atoms with van der Waals surface area (Å²) in [5.74, 6) is 0. The summed E-state index contributed by atoms with van der Waals surface area (Å²) in [5, 5.41) is 9.20. The highest BCUT2D eigenvalue weighted by Crippen LogP contribution is 2.14. The number of benzene rings is 1. The van der Waals surface area contributed by atoms with Crippen molar-refractivity contribution in [2.45, 2.75) is 13.0 Å². The average Bonchev–Trinajstić information content (AvgIpc) is 2.13. The van der Waals surface area contributed by atoms with Gasteiger partial charge in [-0.2, -0.15) is 8.42 Å². The van der Waals surface area contributed by atoms with Crippen molar-refractivity contribution in [1.82, 2.24) is 0 Å². The summed E-state index contributed by atoms with van der Waals surface area (Å²) in [4.78, 5) is -0.409. The zero-order valence-corrected chi connectivity index (χ0v) is 8.98. The van der Waals surface area contributed by atoms with Crippen molar-refractivity contribution in [3.8, 4) is 0 Å². The summed E-state index contributed by atoms with van der Waals surface area (Å²) in [5.41, 5.74) is 0.603. The molecule has 0 radical (unpaired) electrons. The third kappa shape index (κ3) is 3.47. The molecule has 0 aliphatic carbocycles. The minimum Gasteiger partial charge on any atom is -0.388 e. The molecule has 0 fully saturated rings. The molecule has 1 atom stereocenters. The van der Waals surface area contributed by atoms with Crippen LogP contribution in [0.15, 0.2) is 35.2 Å². The summed E-state index contributed by atoms with van der Waals surface area (Å²) in [7, 11) is -4.35. The summed E-state index contributed by atoms with van der Waals surface area (Å²) in [6.07, 6.45) is 0.000191. The highest BCUT2D eigenvalue weighted by Gasteiger charge is 2.18. The van der Waals surface area contributed by atoms with Gasteiger partial charge in [-0.1, -0.05) is 30.3 Å². The average molecular weight is 228 g/mol. The number of hydrogen-bond donors (Lipinski definition) is 2. The van der Waals surface area contributed by atoms with E-state index < -0.39 is 21.1 Å². The second-order valence-electron chi connectivity index (χ2n) is 3.11. The molecule has 0 heterocycles. The van der Waals surface area contributed by atoms with Crippen molar-refractivity contribution in [3.05, 3.63) is 40.8 Å². The van der Waals surface area contributed by atoms with Crippen LogP contribution in [-0.4, -0.2) is 24.2 Å². The highest BCUT2D eigenvalue weighted by atomic mass is 32.2. The minimum absolute atomic E-state index is 0.409. The first kappa shape index (κ1) is 11.9. The molecule has 0 amide bonds. The lowest BCUT2D eigenvalue weighted by molar-refractivity contribution is 0.238. The van der Waals surface area contributed by atoms with E-state index in [1.807, 2.05) is 0 Å². The van der Waals surface area contributed by atoms with E-state index in [-0.39, 0.29) is 0 Å². The van der Waals surface area contributed by atoms with Crippen molar-refractivity contribution in [2.24, 2.45) is 0 Å². The third-order valence-electron chi connectivity index (χ3n) is 1.82. The van der Waals surface area contributed by atoms with Crippen molar-refractivity contribution >= 4 is 16.2 Å². The maximum absolute atomic E-state index is 10.9. The van der Waals surface area contributed by atoms with Gasteiger partial charge in [-0.05, 0) is 18.6 Å². The van der Waals surface area contributed by atoms with E-state index in [1.54, 1.807) is 30.3 Å². The molecule has 0 saturated carbocycles. The van der Waals surface area contributed by atoms with E-state index in [1.165, 1.54) is 13.0 Å². The lowest BCUT2D eigenvalue weighted by Crippen LogP contribution is -2.14. The molecule has 0 aliphatic rings. The highest BCUT2D eigenvalue weighted by molar-refractivity contribution is 7.90. The Bertz CT molecular complexity index is 446. The number of aliphatic hydroxyl groups is 1. The van der Waals surface area contributed by atoms with Crippen LogP contribution >= 0.6 is 0 Å². The molecule has 1 aromatic rings. The standard InChI is InChI=1S/C10H12O4S/c1-8(11)10(15(12,13)14)7-9-5-3-2-4-6-9/h2-8,11H,1H3,(H,12,13,14). The van der Waals surface area contributed by atoms with Crippen LogP contribution in [0.1, 0.15) is 12.5 Å². The molecule has 0 bridgehead atoms. The molecule has 82 valence electrons. The topological polar surface area (TPSA) is 74.6 Å². The smallest absolute Gasteiger partial charge is 0.293 e. The molecular formula is C10H12O4S. The van der Waals surface area contributed by atoms with Gasteiger partial charge in [0.1, 0.15) is 4.91 Å². The fourth-order valence-electron chi connectivity index (χ4n) is 1.12. The van der Waals surface area contributed by atoms with Gasteiger partial charge in [-0.3, -0.25) is 4.55 Å². The maximum Gasteiger partial charge on any atom is 0.293 e. The third-order valence-corrected chi connectivity index (χ3v) is 2.87. The molecule has 15 heavy (non-hydrogen) atoms. The Hall–Kier alpha value is -1.17. The summed E-state index contributed by atoms with van der Waals surface area (Å²) >= 11 is 0. The summed E-state index contributed by atoms with van der Waals surface area (Å²) in [6.45, 7) is 1.28. The molecule has 0 spiro atoms. The molecule has 5 heteroatoms. The Morgan fingerprint density at radius 3 is 2.27 bits per heavy atom. The van der Waals surface area contributed by atoms with Gasteiger partial charge in [0.25, 0.3) is 10.1 Å². The van der Waals surface area contributed by atoms with Crippen molar-refractivity contribution in [2.75, 3.05) is 0 Å². The van der Waals surface area contributed by atoms with Crippen molar-refractivity contribution < 1.29 is 18.1 Å². The normalized spacial score (nSPS) is 15.0. The fraction of sp³-hybridized carbons (Fsp3) is 0.200. The Morgan fingerprint density at radius 1 is 1.33 bits per heavy atom. The Labute approximate surface area is 88.6 Å². The van der Waals surface area contributed by atoms with Crippen LogP contribution < -0.4 is 0 Å². The predicted octanol–water partition coefficient (Wildman–Crippen LogP) is 1.30. The first-order chi connectivity index (χ1) is 6.91. The van der Waals surface area contributed by atoms with Gasteiger partial charge in [-0.25, -0.2) is 0 Å².